The van der Waals surface area contributed by atoms with E-state index in [1.165, 1.54) is 19.3 Å². The van der Waals surface area contributed by atoms with Gasteiger partial charge < -0.3 is 0 Å². The minimum atomic E-state index is -2.06. The second-order valence-electron chi connectivity index (χ2n) is 5.04. The first-order chi connectivity index (χ1) is 9.15. The molecule has 0 aromatic rings. The third-order valence-corrected chi connectivity index (χ3v) is 2.86. The van der Waals surface area contributed by atoms with Crippen molar-refractivity contribution in [2.45, 2.75) is 18.9 Å². The van der Waals surface area contributed by atoms with Gasteiger partial charge in [0.05, 0.1) is 0 Å². The molecule has 1 atom stereocenters. The molecule has 1 amide bonds. The molecule has 116 valence electrons. The van der Waals surface area contributed by atoms with Crippen LogP contribution in [0.15, 0.2) is 12.2 Å². The summed E-state index contributed by atoms with van der Waals surface area (Å²) < 4.78 is 9.51. The molecule has 0 aromatic carbocycles. The van der Waals surface area contributed by atoms with E-state index in [2.05, 4.69) is 10.1 Å². The number of hydrogen-bond donors (Lipinski definition) is 2. The number of methoxy groups -OCH3 is 1. The number of esters is 1. The zero-order chi connectivity index (χ0) is 15.8. The SMILES string of the molecule is COC(=O)/C=C/CCC(NC(=O)O[PH](C)(C)C)C(=O)O. The summed E-state index contributed by atoms with van der Waals surface area (Å²) in [5.41, 5.74) is 0. The normalized spacial score (nSPS) is 13.6. The van der Waals surface area contributed by atoms with Gasteiger partial charge in [0.15, 0.2) is 0 Å². The van der Waals surface area contributed by atoms with Gasteiger partial charge in [-0.25, -0.2) is 0 Å². The van der Waals surface area contributed by atoms with Gasteiger partial charge in [0.1, 0.15) is 0 Å². The minimum absolute atomic E-state index is 0.156. The molecule has 0 fully saturated rings. The fourth-order valence-corrected chi connectivity index (χ4v) is 1.83. The first-order valence-corrected chi connectivity index (χ1v) is 9.53. The van der Waals surface area contributed by atoms with E-state index in [0.717, 1.165) is 0 Å². The van der Waals surface area contributed by atoms with Crippen molar-refractivity contribution in [2.75, 3.05) is 27.1 Å². The van der Waals surface area contributed by atoms with Crippen molar-refractivity contribution in [1.29, 1.82) is 0 Å². The van der Waals surface area contributed by atoms with Gasteiger partial charge in [-0.15, -0.1) is 0 Å². The summed E-state index contributed by atoms with van der Waals surface area (Å²) in [7, 11) is -0.809. The summed E-state index contributed by atoms with van der Waals surface area (Å²) >= 11 is 0. The van der Waals surface area contributed by atoms with E-state index in [9.17, 15) is 14.4 Å². The van der Waals surface area contributed by atoms with Crippen molar-refractivity contribution >= 4 is 25.5 Å². The van der Waals surface area contributed by atoms with Crippen LogP contribution in [0.1, 0.15) is 12.8 Å². The van der Waals surface area contributed by atoms with Crippen molar-refractivity contribution in [3.8, 4) is 0 Å². The third-order valence-electron chi connectivity index (χ3n) is 2.07. The number of hydrogen-bond acceptors (Lipinski definition) is 5. The van der Waals surface area contributed by atoms with Gasteiger partial charge in [0, 0.05) is 0 Å². The van der Waals surface area contributed by atoms with E-state index in [1.54, 1.807) is 0 Å². The van der Waals surface area contributed by atoms with Crippen molar-refractivity contribution in [3.63, 3.8) is 0 Å². The molecular weight excluding hydrogens is 285 g/mol. The van der Waals surface area contributed by atoms with Crippen LogP contribution in [0.3, 0.4) is 0 Å². The van der Waals surface area contributed by atoms with Crippen LogP contribution in [0.25, 0.3) is 0 Å². The fourth-order valence-electron chi connectivity index (χ4n) is 1.22. The van der Waals surface area contributed by atoms with E-state index in [-0.39, 0.29) is 6.42 Å². The molecular formula is C12H22NO6P. The van der Waals surface area contributed by atoms with E-state index in [1.807, 2.05) is 20.0 Å². The number of rotatable bonds is 7. The Morgan fingerprint density at radius 2 is 1.90 bits per heavy atom. The average Bonchev–Trinajstić information content (AvgIpc) is 2.29. The van der Waals surface area contributed by atoms with Gasteiger partial charge in [0.2, 0.25) is 0 Å². The van der Waals surface area contributed by atoms with Crippen LogP contribution >= 0.6 is 7.49 Å². The van der Waals surface area contributed by atoms with Gasteiger partial charge in [-0.3, -0.25) is 0 Å². The number of carboxylic acids is 1. The van der Waals surface area contributed by atoms with Crippen LogP contribution in [0.2, 0.25) is 0 Å². The fraction of sp³-hybridized carbons (Fsp3) is 0.583. The first-order valence-electron chi connectivity index (χ1n) is 6.12. The maximum absolute atomic E-state index is 11.5. The number of carbonyl (C=O) groups is 3. The van der Waals surface area contributed by atoms with Crippen molar-refractivity contribution in [1.82, 2.24) is 5.32 Å². The molecule has 8 heteroatoms. The van der Waals surface area contributed by atoms with Crippen LogP contribution in [0.4, 0.5) is 4.79 Å². The molecule has 1 unspecified atom stereocenters. The number of amides is 1. The van der Waals surface area contributed by atoms with Crippen molar-refractivity contribution < 1.29 is 28.8 Å². The topological polar surface area (TPSA) is 102 Å². The van der Waals surface area contributed by atoms with Crippen LogP contribution in [0.5, 0.6) is 0 Å². The summed E-state index contributed by atoms with van der Waals surface area (Å²) in [6.07, 6.45) is 2.45. The van der Waals surface area contributed by atoms with Gasteiger partial charge in [-0.2, -0.15) is 0 Å². The van der Waals surface area contributed by atoms with Crippen LogP contribution < -0.4 is 5.32 Å². The van der Waals surface area contributed by atoms with E-state index < -0.39 is 31.6 Å². The van der Waals surface area contributed by atoms with Gasteiger partial charge >= 0.3 is 118 Å². The number of nitrogens with one attached hydrogen (secondary N) is 1. The van der Waals surface area contributed by atoms with Gasteiger partial charge in [-0.1, -0.05) is 0 Å². The Hall–Kier alpha value is -1.62. The number of ether oxygens (including phenoxy) is 1. The van der Waals surface area contributed by atoms with E-state index in [4.69, 9.17) is 9.63 Å². The molecule has 0 aliphatic rings. The molecule has 0 bridgehead atoms. The van der Waals surface area contributed by atoms with Crippen LogP contribution in [-0.2, 0) is 18.8 Å². The van der Waals surface area contributed by atoms with Gasteiger partial charge in [0.25, 0.3) is 0 Å². The predicted octanol–water partition coefficient (Wildman–Crippen LogP) is 1.23. The summed E-state index contributed by atoms with van der Waals surface area (Å²) in [5, 5.41) is 11.3. The number of carbonyl (C=O) groups excluding carboxylic acids is 2. The second kappa shape index (κ2) is 8.53. The molecule has 0 aromatic heterocycles. The molecule has 0 radical (unpaired) electrons. The zero-order valence-corrected chi connectivity index (χ0v) is 13.1. The summed E-state index contributed by atoms with van der Waals surface area (Å²) in [6, 6.07) is -1.05. The molecule has 0 spiro atoms. The first kappa shape index (κ1) is 18.4. The summed E-state index contributed by atoms with van der Waals surface area (Å²) in [4.78, 5) is 33.3. The molecule has 0 aliphatic carbocycles. The quantitative estimate of drug-likeness (QED) is 0.417. The Kier molecular flexibility index (Phi) is 7.84. The van der Waals surface area contributed by atoms with Crippen molar-refractivity contribution in [2.24, 2.45) is 0 Å². The Morgan fingerprint density at radius 3 is 2.35 bits per heavy atom. The molecule has 20 heavy (non-hydrogen) atoms. The Labute approximate surface area is 118 Å². The average molecular weight is 307 g/mol. The second-order valence-corrected chi connectivity index (χ2v) is 9.47. The molecule has 0 saturated heterocycles. The van der Waals surface area contributed by atoms with E-state index in [0.29, 0.717) is 6.42 Å². The zero-order valence-electron chi connectivity index (χ0n) is 12.1. The molecule has 0 heterocycles. The molecule has 2 N–H and O–H groups in total. The molecule has 0 rings (SSSR count). The Balaban J connectivity index is 4.31. The van der Waals surface area contributed by atoms with E-state index >= 15 is 0 Å². The number of aliphatic carboxylic acids is 1. The predicted molar refractivity (Wildman–Crippen MR) is 77.5 cm³/mol. The summed E-state index contributed by atoms with van der Waals surface area (Å²) in [6.45, 7) is 5.46. The molecule has 0 aliphatic heterocycles. The number of carboxylic acid groups (broad SMARTS) is 1. The van der Waals surface area contributed by atoms with Crippen LogP contribution in [-0.4, -0.2) is 56.3 Å². The Morgan fingerprint density at radius 1 is 1.30 bits per heavy atom. The van der Waals surface area contributed by atoms with Crippen molar-refractivity contribution in [3.05, 3.63) is 12.2 Å². The third kappa shape index (κ3) is 9.33. The summed E-state index contributed by atoms with van der Waals surface area (Å²) in [5.74, 6) is -1.66. The molecule has 7 nitrogen and oxygen atoms in total. The standard InChI is InChI=1S/C12H22NO6P/c1-18-10(14)8-6-5-7-9(11(15)16)13-12(17)19-20(2,3)4/h6,8-9,20H,5,7H2,1-4H3,(H,13,17)(H,15,16)/b8-6+. The monoisotopic (exact) mass is 307 g/mol. The van der Waals surface area contributed by atoms with Crippen LogP contribution in [0, 0.1) is 0 Å². The maximum atomic E-state index is 11.5. The number of allylic oxidation sites excluding steroid dienone is 1. The Bertz CT molecular complexity index is 388. The molecule has 0 saturated carbocycles. The van der Waals surface area contributed by atoms with Gasteiger partial charge in [-0.05, 0) is 0 Å².